The van der Waals surface area contributed by atoms with Crippen LogP contribution in [0.15, 0.2) is 0 Å². The third-order valence-electron chi connectivity index (χ3n) is 3.72. The van der Waals surface area contributed by atoms with Crippen molar-refractivity contribution in [2.45, 2.75) is 91.0 Å². The Kier molecular flexibility index (Phi) is 10.1. The van der Waals surface area contributed by atoms with E-state index in [2.05, 4.69) is 33.0 Å². The molecule has 0 aliphatic rings. The fourth-order valence-corrected chi connectivity index (χ4v) is 2.70. The Balaban J connectivity index is 3.89. The number of hydrogen-bond acceptors (Lipinski definition) is 1. The lowest BCUT2D eigenvalue weighted by molar-refractivity contribution is 0.263. The molecule has 98 valence electrons. The molecule has 0 aromatic heterocycles. The molecule has 0 aliphatic heterocycles. The molecule has 1 heteroatoms. The normalized spacial score (nSPS) is 15.0. The van der Waals surface area contributed by atoms with Gasteiger partial charge in [-0.05, 0) is 25.8 Å². The quantitative estimate of drug-likeness (QED) is 0.495. The first-order chi connectivity index (χ1) is 7.74. The SMILES string of the molecule is CCCCCCCC(CC)(CCC)NCC. The molecular formula is C15H33N. The molecule has 1 N–H and O–H groups in total. The Morgan fingerprint density at radius 2 is 1.44 bits per heavy atom. The van der Waals surface area contributed by atoms with Gasteiger partial charge in [-0.1, -0.05) is 66.2 Å². The van der Waals surface area contributed by atoms with Gasteiger partial charge in [0.1, 0.15) is 0 Å². The van der Waals surface area contributed by atoms with Crippen molar-refractivity contribution in [3.63, 3.8) is 0 Å². The Morgan fingerprint density at radius 3 is 1.94 bits per heavy atom. The molecule has 1 nitrogen and oxygen atoms in total. The average Bonchev–Trinajstić information content (AvgIpc) is 2.29. The molecule has 0 radical (unpaired) electrons. The van der Waals surface area contributed by atoms with Gasteiger partial charge in [-0.2, -0.15) is 0 Å². The zero-order valence-corrected chi connectivity index (χ0v) is 12.1. The minimum Gasteiger partial charge on any atom is -0.312 e. The molecule has 0 aromatic carbocycles. The highest BCUT2D eigenvalue weighted by Crippen LogP contribution is 2.24. The van der Waals surface area contributed by atoms with Crippen molar-refractivity contribution in [3.05, 3.63) is 0 Å². The fourth-order valence-electron chi connectivity index (χ4n) is 2.70. The van der Waals surface area contributed by atoms with Gasteiger partial charge in [0.2, 0.25) is 0 Å². The lowest BCUT2D eigenvalue weighted by Gasteiger charge is -2.34. The summed E-state index contributed by atoms with van der Waals surface area (Å²) in [5.41, 5.74) is 0.440. The van der Waals surface area contributed by atoms with Gasteiger partial charge < -0.3 is 5.32 Å². The molecule has 0 saturated carbocycles. The second kappa shape index (κ2) is 10.1. The fraction of sp³-hybridized carbons (Fsp3) is 1.00. The van der Waals surface area contributed by atoms with Crippen molar-refractivity contribution in [2.24, 2.45) is 0 Å². The van der Waals surface area contributed by atoms with Gasteiger partial charge in [0.25, 0.3) is 0 Å². The Morgan fingerprint density at radius 1 is 0.750 bits per heavy atom. The molecule has 0 rings (SSSR count). The summed E-state index contributed by atoms with van der Waals surface area (Å²) in [6.07, 6.45) is 12.3. The zero-order chi connectivity index (χ0) is 12.3. The Labute approximate surface area is 103 Å². The standard InChI is InChI=1S/C15H33N/c1-5-9-10-11-12-14-15(7-3,13-6-2)16-8-4/h16H,5-14H2,1-4H3. The van der Waals surface area contributed by atoms with Crippen molar-refractivity contribution < 1.29 is 0 Å². The van der Waals surface area contributed by atoms with Crippen LogP contribution < -0.4 is 5.32 Å². The molecule has 0 saturated heterocycles. The van der Waals surface area contributed by atoms with Crippen LogP contribution in [0.25, 0.3) is 0 Å². The maximum atomic E-state index is 3.74. The predicted octanol–water partition coefficient (Wildman–Crippen LogP) is 4.91. The third kappa shape index (κ3) is 6.52. The molecule has 0 aliphatic carbocycles. The van der Waals surface area contributed by atoms with Gasteiger partial charge in [0.05, 0.1) is 0 Å². The van der Waals surface area contributed by atoms with E-state index >= 15 is 0 Å². The summed E-state index contributed by atoms with van der Waals surface area (Å²) >= 11 is 0. The maximum Gasteiger partial charge on any atom is 0.0178 e. The molecule has 0 heterocycles. The van der Waals surface area contributed by atoms with Crippen LogP contribution in [0, 0.1) is 0 Å². The van der Waals surface area contributed by atoms with Crippen molar-refractivity contribution >= 4 is 0 Å². The zero-order valence-electron chi connectivity index (χ0n) is 12.1. The molecular weight excluding hydrogens is 194 g/mol. The summed E-state index contributed by atoms with van der Waals surface area (Å²) in [5, 5.41) is 3.74. The second-order valence-electron chi connectivity index (χ2n) is 5.08. The summed E-state index contributed by atoms with van der Waals surface area (Å²) < 4.78 is 0. The van der Waals surface area contributed by atoms with Crippen LogP contribution in [0.5, 0.6) is 0 Å². The third-order valence-corrected chi connectivity index (χ3v) is 3.72. The summed E-state index contributed by atoms with van der Waals surface area (Å²) in [6.45, 7) is 10.3. The molecule has 16 heavy (non-hydrogen) atoms. The molecule has 0 fully saturated rings. The Bertz CT molecular complexity index is 136. The van der Waals surface area contributed by atoms with Crippen LogP contribution in [0.1, 0.15) is 85.5 Å². The number of unbranched alkanes of at least 4 members (excludes halogenated alkanes) is 4. The van der Waals surface area contributed by atoms with Crippen LogP contribution in [-0.4, -0.2) is 12.1 Å². The minimum absolute atomic E-state index is 0.440. The van der Waals surface area contributed by atoms with Crippen LogP contribution in [0.4, 0.5) is 0 Å². The summed E-state index contributed by atoms with van der Waals surface area (Å²) in [7, 11) is 0. The molecule has 1 unspecified atom stereocenters. The van der Waals surface area contributed by atoms with E-state index in [0.717, 1.165) is 6.54 Å². The lowest BCUT2D eigenvalue weighted by Crippen LogP contribution is -2.44. The molecule has 1 atom stereocenters. The van der Waals surface area contributed by atoms with E-state index in [1.54, 1.807) is 0 Å². The first kappa shape index (κ1) is 16.0. The summed E-state index contributed by atoms with van der Waals surface area (Å²) in [5.74, 6) is 0. The number of hydrogen-bond donors (Lipinski definition) is 1. The van der Waals surface area contributed by atoms with E-state index in [-0.39, 0.29) is 0 Å². The smallest absolute Gasteiger partial charge is 0.0178 e. The lowest BCUT2D eigenvalue weighted by atomic mass is 9.85. The van der Waals surface area contributed by atoms with E-state index in [0.29, 0.717) is 5.54 Å². The first-order valence-electron chi connectivity index (χ1n) is 7.49. The summed E-state index contributed by atoms with van der Waals surface area (Å²) in [4.78, 5) is 0. The highest BCUT2D eigenvalue weighted by Gasteiger charge is 2.24. The van der Waals surface area contributed by atoms with Crippen LogP contribution in [0.3, 0.4) is 0 Å². The van der Waals surface area contributed by atoms with Gasteiger partial charge in [-0.15, -0.1) is 0 Å². The molecule has 0 aromatic rings. The van der Waals surface area contributed by atoms with Crippen LogP contribution in [-0.2, 0) is 0 Å². The monoisotopic (exact) mass is 227 g/mol. The van der Waals surface area contributed by atoms with E-state index in [4.69, 9.17) is 0 Å². The Hall–Kier alpha value is -0.0400. The topological polar surface area (TPSA) is 12.0 Å². The minimum atomic E-state index is 0.440. The maximum absolute atomic E-state index is 3.74. The van der Waals surface area contributed by atoms with Gasteiger partial charge >= 0.3 is 0 Å². The van der Waals surface area contributed by atoms with Crippen LogP contribution in [0.2, 0.25) is 0 Å². The summed E-state index contributed by atoms with van der Waals surface area (Å²) in [6, 6.07) is 0. The second-order valence-corrected chi connectivity index (χ2v) is 5.08. The van der Waals surface area contributed by atoms with Gasteiger partial charge in [-0.25, -0.2) is 0 Å². The van der Waals surface area contributed by atoms with E-state index in [1.165, 1.54) is 57.8 Å². The van der Waals surface area contributed by atoms with E-state index in [9.17, 15) is 0 Å². The van der Waals surface area contributed by atoms with Gasteiger partial charge in [-0.3, -0.25) is 0 Å². The van der Waals surface area contributed by atoms with E-state index in [1.807, 2.05) is 0 Å². The van der Waals surface area contributed by atoms with Gasteiger partial charge in [0.15, 0.2) is 0 Å². The van der Waals surface area contributed by atoms with Crippen molar-refractivity contribution in [1.29, 1.82) is 0 Å². The number of rotatable bonds is 11. The van der Waals surface area contributed by atoms with Crippen LogP contribution >= 0.6 is 0 Å². The van der Waals surface area contributed by atoms with Gasteiger partial charge in [0, 0.05) is 5.54 Å². The van der Waals surface area contributed by atoms with E-state index < -0.39 is 0 Å². The van der Waals surface area contributed by atoms with Crippen molar-refractivity contribution in [3.8, 4) is 0 Å². The predicted molar refractivity (Wildman–Crippen MR) is 75.0 cm³/mol. The molecule has 0 amide bonds. The largest absolute Gasteiger partial charge is 0.312 e. The number of nitrogens with one attached hydrogen (secondary N) is 1. The molecule has 0 spiro atoms. The first-order valence-corrected chi connectivity index (χ1v) is 7.49. The highest BCUT2D eigenvalue weighted by molar-refractivity contribution is 4.85. The average molecular weight is 227 g/mol. The molecule has 0 bridgehead atoms. The van der Waals surface area contributed by atoms with Crippen molar-refractivity contribution in [1.82, 2.24) is 5.32 Å². The highest BCUT2D eigenvalue weighted by atomic mass is 15.0. The van der Waals surface area contributed by atoms with Crippen molar-refractivity contribution in [2.75, 3.05) is 6.54 Å².